The van der Waals surface area contributed by atoms with Crippen LogP contribution in [0.15, 0.2) is 0 Å². The third kappa shape index (κ3) is 6.46. The SMILES string of the molecule is CC[O][Zr]([CH3])([CH2]CCOCC1CO1)[O]CC. The maximum atomic E-state index is 5.82. The molecule has 0 amide bonds. The summed E-state index contributed by atoms with van der Waals surface area (Å²) in [6.07, 6.45) is 1.41. The fourth-order valence-electron chi connectivity index (χ4n) is 1.67. The van der Waals surface area contributed by atoms with Crippen molar-refractivity contribution in [3.63, 3.8) is 0 Å². The molecule has 0 aromatic carbocycles. The molecule has 1 atom stereocenters. The molecule has 0 aromatic heterocycles. The molecule has 1 aliphatic rings. The van der Waals surface area contributed by atoms with Crippen molar-refractivity contribution in [3.05, 3.63) is 0 Å². The summed E-state index contributed by atoms with van der Waals surface area (Å²) in [6, 6.07) is 0. The van der Waals surface area contributed by atoms with Crippen molar-refractivity contribution in [2.75, 3.05) is 33.0 Å². The summed E-state index contributed by atoms with van der Waals surface area (Å²) in [5.74, 6) is 0. The number of rotatable bonds is 10. The molecule has 1 unspecified atom stereocenters. The van der Waals surface area contributed by atoms with E-state index in [-0.39, 0.29) is 0 Å². The van der Waals surface area contributed by atoms with E-state index in [0.717, 1.165) is 43.6 Å². The standard InChI is InChI=1S/C6H11O2.2C2H5O.CH3.Zr/c1-2-3-7-4-6-5-8-6;2*1-2-3;;/h6H,1-5H2;2*2H2,1H3;1H3;/q;2*-1;;+2. The molecule has 1 saturated heterocycles. The van der Waals surface area contributed by atoms with Crippen LogP contribution < -0.4 is 0 Å². The number of ether oxygens (including phenoxy) is 2. The van der Waals surface area contributed by atoms with Gasteiger partial charge in [0.1, 0.15) is 0 Å². The van der Waals surface area contributed by atoms with E-state index in [4.69, 9.17) is 15.1 Å². The first-order valence-electron chi connectivity index (χ1n) is 6.17. The average molecular weight is 312 g/mol. The molecular formula is C11H24O4Zr. The van der Waals surface area contributed by atoms with Gasteiger partial charge in [-0.05, 0) is 0 Å². The van der Waals surface area contributed by atoms with Gasteiger partial charge >= 0.3 is 104 Å². The summed E-state index contributed by atoms with van der Waals surface area (Å²) in [5.41, 5.74) is 0. The van der Waals surface area contributed by atoms with E-state index >= 15 is 0 Å². The first kappa shape index (κ1) is 14.8. The summed E-state index contributed by atoms with van der Waals surface area (Å²) in [5, 5.41) is 0. The summed E-state index contributed by atoms with van der Waals surface area (Å²) >= 11 is -2.67. The molecule has 1 aliphatic heterocycles. The Kier molecular flexibility index (Phi) is 7.33. The van der Waals surface area contributed by atoms with Gasteiger partial charge in [-0.3, -0.25) is 0 Å². The molecule has 4 nitrogen and oxygen atoms in total. The van der Waals surface area contributed by atoms with Crippen molar-refractivity contribution in [1.82, 2.24) is 0 Å². The van der Waals surface area contributed by atoms with Crippen LogP contribution in [-0.2, 0) is 36.2 Å². The van der Waals surface area contributed by atoms with E-state index in [0.29, 0.717) is 6.10 Å². The molecule has 0 N–H and O–H groups in total. The molecule has 5 heteroatoms. The third-order valence-corrected chi connectivity index (χ3v) is 10.0. The minimum absolute atomic E-state index is 0.369. The number of epoxide rings is 1. The van der Waals surface area contributed by atoms with Gasteiger partial charge in [-0.1, -0.05) is 0 Å². The molecule has 0 aromatic rings. The van der Waals surface area contributed by atoms with E-state index < -0.39 is 21.1 Å². The van der Waals surface area contributed by atoms with Gasteiger partial charge in [-0.15, -0.1) is 0 Å². The Hall–Kier alpha value is 0.723. The van der Waals surface area contributed by atoms with Crippen LogP contribution in [0.2, 0.25) is 8.76 Å². The first-order chi connectivity index (χ1) is 7.70. The van der Waals surface area contributed by atoms with E-state index in [1.54, 1.807) is 0 Å². The van der Waals surface area contributed by atoms with Gasteiger partial charge < -0.3 is 0 Å². The van der Waals surface area contributed by atoms with Gasteiger partial charge in [0.05, 0.1) is 0 Å². The Morgan fingerprint density at radius 3 is 2.38 bits per heavy atom. The first-order valence-corrected chi connectivity index (χ1v) is 12.4. The second-order valence-corrected chi connectivity index (χ2v) is 12.4. The third-order valence-electron chi connectivity index (χ3n) is 2.53. The molecule has 1 heterocycles. The normalized spacial score (nSPS) is 20.1. The number of hydrogen-bond donors (Lipinski definition) is 0. The molecular weight excluding hydrogens is 287 g/mol. The van der Waals surface area contributed by atoms with Gasteiger partial charge in [0.25, 0.3) is 0 Å². The van der Waals surface area contributed by atoms with Crippen LogP contribution in [0.5, 0.6) is 0 Å². The molecule has 0 bridgehead atoms. The quantitative estimate of drug-likeness (QED) is 0.458. The zero-order chi connectivity index (χ0) is 11.9. The van der Waals surface area contributed by atoms with E-state index in [1.165, 1.54) is 0 Å². The Balaban J connectivity index is 2.05. The summed E-state index contributed by atoms with van der Waals surface area (Å²) in [4.78, 5) is 0. The molecule has 0 radical (unpaired) electrons. The minimum atomic E-state index is -2.67. The van der Waals surface area contributed by atoms with Gasteiger partial charge in [-0.2, -0.15) is 0 Å². The second kappa shape index (κ2) is 7.94. The van der Waals surface area contributed by atoms with Crippen LogP contribution >= 0.6 is 0 Å². The van der Waals surface area contributed by atoms with Crippen molar-refractivity contribution in [2.45, 2.75) is 35.1 Å². The Bertz CT molecular complexity index is 179. The predicted octanol–water partition coefficient (Wildman–Crippen LogP) is 2.32. The maximum absolute atomic E-state index is 5.82. The average Bonchev–Trinajstić information content (AvgIpc) is 3.02. The van der Waals surface area contributed by atoms with E-state index in [9.17, 15) is 0 Å². The molecule has 1 fully saturated rings. The topological polar surface area (TPSA) is 40.2 Å². The van der Waals surface area contributed by atoms with Gasteiger partial charge in [0, 0.05) is 0 Å². The van der Waals surface area contributed by atoms with Gasteiger partial charge in [0.15, 0.2) is 0 Å². The molecule has 0 aliphatic carbocycles. The Labute approximate surface area is 104 Å². The Morgan fingerprint density at radius 2 is 1.88 bits per heavy atom. The monoisotopic (exact) mass is 310 g/mol. The van der Waals surface area contributed by atoms with Gasteiger partial charge in [0.2, 0.25) is 0 Å². The summed E-state index contributed by atoms with van der Waals surface area (Å²) < 4.78 is 25.5. The van der Waals surface area contributed by atoms with Crippen molar-refractivity contribution >= 4 is 0 Å². The van der Waals surface area contributed by atoms with Crippen LogP contribution in [0.4, 0.5) is 0 Å². The summed E-state index contributed by atoms with van der Waals surface area (Å²) in [6.45, 7) is 8.02. The number of hydrogen-bond acceptors (Lipinski definition) is 4. The second-order valence-electron chi connectivity index (χ2n) is 4.13. The fourth-order valence-corrected chi connectivity index (χ4v) is 7.52. The van der Waals surface area contributed by atoms with Crippen LogP contribution in [0.1, 0.15) is 20.3 Å². The fraction of sp³-hybridized carbons (Fsp3) is 1.00. The van der Waals surface area contributed by atoms with E-state index in [2.05, 4.69) is 4.63 Å². The van der Waals surface area contributed by atoms with Crippen molar-refractivity contribution in [1.29, 1.82) is 0 Å². The molecule has 1 rings (SSSR count). The van der Waals surface area contributed by atoms with E-state index in [1.807, 2.05) is 13.8 Å². The van der Waals surface area contributed by atoms with Crippen molar-refractivity contribution in [2.24, 2.45) is 0 Å². The molecule has 96 valence electrons. The van der Waals surface area contributed by atoms with Gasteiger partial charge in [-0.25, -0.2) is 0 Å². The molecule has 0 saturated carbocycles. The molecule has 16 heavy (non-hydrogen) atoms. The zero-order valence-corrected chi connectivity index (χ0v) is 13.1. The summed E-state index contributed by atoms with van der Waals surface area (Å²) in [7, 11) is 0. The van der Waals surface area contributed by atoms with Crippen molar-refractivity contribution in [3.8, 4) is 0 Å². The van der Waals surface area contributed by atoms with Crippen LogP contribution in [-0.4, -0.2) is 39.1 Å². The van der Waals surface area contributed by atoms with Crippen molar-refractivity contribution < 1.29 is 36.2 Å². The van der Waals surface area contributed by atoms with Crippen LogP contribution in [0.3, 0.4) is 0 Å². The predicted molar refractivity (Wildman–Crippen MR) is 59.1 cm³/mol. The van der Waals surface area contributed by atoms with Crippen LogP contribution in [0.25, 0.3) is 0 Å². The Morgan fingerprint density at radius 1 is 1.25 bits per heavy atom. The zero-order valence-electron chi connectivity index (χ0n) is 10.7. The molecule has 0 spiro atoms. The van der Waals surface area contributed by atoms with Crippen LogP contribution in [0, 0.1) is 0 Å².